The fourth-order valence-corrected chi connectivity index (χ4v) is 11.2. The van der Waals surface area contributed by atoms with Gasteiger partial charge in [0.15, 0.2) is 0 Å². The summed E-state index contributed by atoms with van der Waals surface area (Å²) < 4.78 is 18.3. The van der Waals surface area contributed by atoms with Gasteiger partial charge >= 0.3 is 21.1 Å². The summed E-state index contributed by atoms with van der Waals surface area (Å²) in [5.41, 5.74) is 17.0. The van der Waals surface area contributed by atoms with Crippen LogP contribution in [-0.2, 0) is 21.1 Å². The molecule has 0 saturated heterocycles. The van der Waals surface area contributed by atoms with Crippen LogP contribution in [0.1, 0.15) is 101 Å². The summed E-state index contributed by atoms with van der Waals surface area (Å²) in [7, 11) is 0. The van der Waals surface area contributed by atoms with Crippen LogP contribution in [0.4, 0.5) is 0 Å². The van der Waals surface area contributed by atoms with Gasteiger partial charge in [-0.1, -0.05) is 183 Å². The number of imidazole rings is 2. The Bertz CT molecular complexity index is 3870. The number of aromatic nitrogens is 4. The molecule has 0 aliphatic heterocycles. The van der Waals surface area contributed by atoms with Crippen molar-refractivity contribution in [1.29, 1.82) is 0 Å². The molecule has 0 bridgehead atoms. The number of hydrogen-bond acceptors (Lipinski definition) is 4. The molecule has 13 aromatic rings. The average molecular weight is 1050 g/mol. The Balaban J connectivity index is 0.00000468. The molecule has 0 aliphatic rings. The number of furan rings is 2. The minimum Gasteiger partial charge on any atom is -0.500 e. The predicted octanol–water partition coefficient (Wildman–Crippen LogP) is 16.8. The van der Waals surface area contributed by atoms with E-state index in [1.807, 2.05) is 12.1 Å². The van der Waals surface area contributed by atoms with Crippen LogP contribution in [0.15, 0.2) is 130 Å². The average Bonchev–Trinajstić information content (AvgIpc) is 4.12. The third kappa shape index (κ3) is 5.85. The third-order valence-electron chi connectivity index (χ3n) is 14.3. The molecular weight excluding hydrogens is 1000 g/mol. The van der Waals surface area contributed by atoms with E-state index < -0.39 is 0 Å². The van der Waals surface area contributed by atoms with Crippen molar-refractivity contribution in [1.82, 2.24) is 18.8 Å². The zero-order chi connectivity index (χ0) is 44.9. The summed E-state index contributed by atoms with van der Waals surface area (Å²) in [5, 5.41) is 9.94. The van der Waals surface area contributed by atoms with Gasteiger partial charge in [-0.2, -0.15) is 0 Å². The normalized spacial score (nSPS) is 12.6. The predicted molar refractivity (Wildman–Crippen MR) is 273 cm³/mol. The Labute approximate surface area is 402 Å². The summed E-state index contributed by atoms with van der Waals surface area (Å²) >= 11 is 0. The summed E-state index contributed by atoms with van der Waals surface area (Å²) in [6.07, 6.45) is 4.14. The van der Waals surface area contributed by atoms with Gasteiger partial charge in [-0.15, -0.1) is 12.1 Å². The molecule has 0 fully saturated rings. The Kier molecular flexibility index (Phi) is 9.41. The fraction of sp³-hybridized carbons (Fsp3) is 0.200. The van der Waals surface area contributed by atoms with E-state index in [1.165, 1.54) is 33.4 Å². The second kappa shape index (κ2) is 15.1. The minimum absolute atomic E-state index is 0. The standard InChI is InChI=1S/C60H48N4O2.Pt/c1-31(2)35-17-13-18-36(32(3)4)55(35)49-29-61-59-43-25-45-53(27-41(43)39-15-9-11-21-47(39)63(49)59)65-51-23-24-52-58(57(45)51)46-26-44-42(28-54(46)66-52)40-16-10-12-22-48(40)64-50(30-62-60(44)64)56-37(33(5)6)19-14-20-38(56)34(7)8;/h9-24,27-34H,1-8H3;/q-2;+2. The smallest absolute Gasteiger partial charge is 0.500 e. The number of rotatable bonds is 6. The summed E-state index contributed by atoms with van der Waals surface area (Å²) in [6.45, 7) is 18.2. The molecule has 6 nitrogen and oxygen atoms in total. The van der Waals surface area contributed by atoms with Crippen molar-refractivity contribution in [3.63, 3.8) is 0 Å². The molecule has 0 N–H and O–H groups in total. The van der Waals surface area contributed by atoms with Crippen LogP contribution in [0.5, 0.6) is 0 Å². The van der Waals surface area contributed by atoms with Gasteiger partial charge in [-0.3, -0.25) is 9.97 Å². The SMILES string of the molecule is CC(C)c1cccc(C(C)C)c1-c1cnc2c3[c-]c4c(cc3c3ccccc3n12)oc1ccc2oc3cc5c([c-]c3c2c14)c1ncc(-c2c(C(C)C)cccc2C(C)C)n1c1ccccc51.[Pt+2]. The van der Waals surface area contributed by atoms with Crippen molar-refractivity contribution in [3.05, 3.63) is 156 Å². The quantitative estimate of drug-likeness (QED) is 0.123. The van der Waals surface area contributed by atoms with Crippen molar-refractivity contribution in [2.75, 3.05) is 0 Å². The van der Waals surface area contributed by atoms with Crippen LogP contribution in [0.2, 0.25) is 0 Å². The van der Waals surface area contributed by atoms with Gasteiger partial charge in [-0.05, 0) is 81.0 Å². The zero-order valence-electron chi connectivity index (χ0n) is 38.8. The molecule has 6 aromatic heterocycles. The molecule has 0 saturated carbocycles. The number of hydrogen-bond donors (Lipinski definition) is 0. The molecule has 330 valence electrons. The summed E-state index contributed by atoms with van der Waals surface area (Å²) in [4.78, 5) is 10.5. The molecule has 0 atom stereocenters. The van der Waals surface area contributed by atoms with E-state index in [4.69, 9.17) is 18.8 Å². The maximum atomic E-state index is 6.80. The van der Waals surface area contributed by atoms with E-state index >= 15 is 0 Å². The zero-order valence-corrected chi connectivity index (χ0v) is 41.1. The van der Waals surface area contributed by atoms with Gasteiger partial charge < -0.3 is 17.6 Å². The Morgan fingerprint density at radius 1 is 0.418 bits per heavy atom. The van der Waals surface area contributed by atoms with Crippen molar-refractivity contribution < 1.29 is 29.9 Å². The van der Waals surface area contributed by atoms with Crippen molar-refractivity contribution in [2.45, 2.75) is 79.1 Å². The number of pyridine rings is 2. The van der Waals surface area contributed by atoms with E-state index in [0.29, 0.717) is 23.7 Å². The maximum absolute atomic E-state index is 6.80. The van der Waals surface area contributed by atoms with Crippen LogP contribution in [0, 0.1) is 12.1 Å². The number of para-hydroxylation sites is 2. The van der Waals surface area contributed by atoms with E-state index in [-0.39, 0.29) is 21.1 Å². The monoisotopic (exact) mass is 1050 g/mol. The van der Waals surface area contributed by atoms with Gasteiger partial charge in [0, 0.05) is 34.6 Å². The van der Waals surface area contributed by atoms with Crippen LogP contribution >= 0.6 is 0 Å². The molecule has 0 spiro atoms. The van der Waals surface area contributed by atoms with Gasteiger partial charge in [0.2, 0.25) is 0 Å². The van der Waals surface area contributed by atoms with Crippen LogP contribution in [-0.4, -0.2) is 18.8 Å². The largest absolute Gasteiger partial charge is 2.00 e. The first-order valence-corrected chi connectivity index (χ1v) is 23.4. The Morgan fingerprint density at radius 2 is 0.791 bits per heavy atom. The summed E-state index contributed by atoms with van der Waals surface area (Å²) in [5.74, 6) is 1.35. The minimum atomic E-state index is 0. The molecule has 13 rings (SSSR count). The van der Waals surface area contributed by atoms with E-state index in [9.17, 15) is 0 Å². The molecular formula is C60H48N4O2Pt. The molecule has 0 aliphatic carbocycles. The fourth-order valence-electron chi connectivity index (χ4n) is 11.2. The molecule has 7 heteroatoms. The van der Waals surface area contributed by atoms with Crippen molar-refractivity contribution in [2.24, 2.45) is 0 Å². The Morgan fingerprint density at radius 3 is 1.16 bits per heavy atom. The molecule has 7 aromatic carbocycles. The molecule has 0 radical (unpaired) electrons. The molecule has 0 unspecified atom stereocenters. The first kappa shape index (κ1) is 41.7. The van der Waals surface area contributed by atoms with E-state index in [2.05, 4.69) is 186 Å². The van der Waals surface area contributed by atoms with Crippen molar-refractivity contribution >= 4 is 98.5 Å². The number of benzene rings is 7. The second-order valence-electron chi connectivity index (χ2n) is 19.5. The van der Waals surface area contributed by atoms with E-state index in [1.54, 1.807) is 0 Å². The van der Waals surface area contributed by atoms with Gasteiger partial charge in [-0.25, -0.2) is 0 Å². The van der Waals surface area contributed by atoms with Crippen LogP contribution in [0.25, 0.3) is 121 Å². The first-order chi connectivity index (χ1) is 32.1. The number of nitrogens with zero attached hydrogens (tertiary/aromatic N) is 4. The van der Waals surface area contributed by atoms with Gasteiger partial charge in [0.25, 0.3) is 0 Å². The van der Waals surface area contributed by atoms with Gasteiger partial charge in [0.05, 0.1) is 45.0 Å². The summed E-state index contributed by atoms with van der Waals surface area (Å²) in [6, 6.07) is 47.1. The Hall–Kier alpha value is -6.75. The van der Waals surface area contributed by atoms with Gasteiger partial charge in [0.1, 0.15) is 0 Å². The topological polar surface area (TPSA) is 60.9 Å². The second-order valence-corrected chi connectivity index (χ2v) is 19.5. The molecule has 0 amide bonds. The maximum Gasteiger partial charge on any atom is 2.00 e. The van der Waals surface area contributed by atoms with E-state index in [0.717, 1.165) is 110 Å². The molecule has 67 heavy (non-hydrogen) atoms. The van der Waals surface area contributed by atoms with Crippen molar-refractivity contribution in [3.8, 4) is 22.5 Å². The van der Waals surface area contributed by atoms with Crippen LogP contribution in [0.3, 0.4) is 0 Å². The van der Waals surface area contributed by atoms with Crippen LogP contribution < -0.4 is 0 Å². The number of fused-ring (bicyclic) bond motifs is 19. The first-order valence-electron chi connectivity index (χ1n) is 23.4. The molecule has 6 heterocycles. The third-order valence-corrected chi connectivity index (χ3v) is 14.3.